The largest absolute Gasteiger partial charge is 0.494 e. The predicted octanol–water partition coefficient (Wildman–Crippen LogP) is 2.11. The van der Waals surface area contributed by atoms with Crippen molar-refractivity contribution in [1.82, 2.24) is 9.80 Å². The van der Waals surface area contributed by atoms with Crippen LogP contribution in [0.25, 0.3) is 0 Å². The standard InChI is InChI=1S/C17H29N3O/c1-5-21-16-8-6-7-15(9-16)17(10-18)20-11-13(2)19(4)14(3)12-20/h6-9,13-14,17H,5,10-12,18H2,1-4H3. The van der Waals surface area contributed by atoms with E-state index < -0.39 is 0 Å². The molecular weight excluding hydrogens is 262 g/mol. The fourth-order valence-electron chi connectivity index (χ4n) is 3.17. The molecule has 3 unspecified atom stereocenters. The lowest BCUT2D eigenvalue weighted by atomic mass is 10.0. The second-order valence-electron chi connectivity index (χ2n) is 6.07. The van der Waals surface area contributed by atoms with Crippen LogP contribution in [0, 0.1) is 0 Å². The Bertz CT molecular complexity index is 439. The average Bonchev–Trinajstić information content (AvgIpc) is 2.46. The molecule has 0 aliphatic carbocycles. The summed E-state index contributed by atoms with van der Waals surface area (Å²) in [5.74, 6) is 0.934. The third-order valence-electron chi connectivity index (χ3n) is 4.61. The number of nitrogens with zero attached hydrogens (tertiary/aromatic N) is 2. The smallest absolute Gasteiger partial charge is 0.119 e. The topological polar surface area (TPSA) is 41.7 Å². The number of rotatable bonds is 5. The van der Waals surface area contributed by atoms with Crippen LogP contribution in [0.15, 0.2) is 24.3 Å². The number of nitrogens with two attached hydrogens (primary N) is 1. The van der Waals surface area contributed by atoms with Gasteiger partial charge >= 0.3 is 0 Å². The van der Waals surface area contributed by atoms with Crippen molar-refractivity contribution in [3.8, 4) is 5.75 Å². The quantitative estimate of drug-likeness (QED) is 0.902. The van der Waals surface area contributed by atoms with E-state index in [0.717, 1.165) is 18.8 Å². The van der Waals surface area contributed by atoms with Gasteiger partial charge in [0, 0.05) is 37.8 Å². The highest BCUT2D eigenvalue weighted by atomic mass is 16.5. The van der Waals surface area contributed by atoms with Gasteiger partial charge in [0.1, 0.15) is 5.75 Å². The average molecular weight is 291 g/mol. The van der Waals surface area contributed by atoms with Crippen LogP contribution < -0.4 is 10.5 Å². The molecule has 3 atom stereocenters. The van der Waals surface area contributed by atoms with Crippen LogP contribution in [0.2, 0.25) is 0 Å². The molecule has 2 N–H and O–H groups in total. The minimum absolute atomic E-state index is 0.268. The Hall–Kier alpha value is -1.10. The summed E-state index contributed by atoms with van der Waals surface area (Å²) in [5.41, 5.74) is 7.35. The zero-order valence-electron chi connectivity index (χ0n) is 13.7. The van der Waals surface area contributed by atoms with Crippen LogP contribution in [0.3, 0.4) is 0 Å². The van der Waals surface area contributed by atoms with Crippen molar-refractivity contribution in [3.05, 3.63) is 29.8 Å². The third-order valence-corrected chi connectivity index (χ3v) is 4.61. The Morgan fingerprint density at radius 2 is 1.95 bits per heavy atom. The molecule has 1 aromatic rings. The van der Waals surface area contributed by atoms with Crippen molar-refractivity contribution in [3.63, 3.8) is 0 Å². The highest BCUT2D eigenvalue weighted by molar-refractivity contribution is 5.31. The van der Waals surface area contributed by atoms with Gasteiger partial charge in [0.05, 0.1) is 6.61 Å². The minimum atomic E-state index is 0.268. The lowest BCUT2D eigenvalue weighted by Crippen LogP contribution is -2.56. The number of benzene rings is 1. The van der Waals surface area contributed by atoms with Gasteiger partial charge in [-0.25, -0.2) is 0 Å². The lowest BCUT2D eigenvalue weighted by molar-refractivity contribution is 0.0351. The molecule has 2 rings (SSSR count). The van der Waals surface area contributed by atoms with Crippen molar-refractivity contribution < 1.29 is 4.74 Å². The molecular formula is C17H29N3O. The summed E-state index contributed by atoms with van der Waals surface area (Å²) in [6.45, 7) is 10.0. The summed E-state index contributed by atoms with van der Waals surface area (Å²) in [5, 5.41) is 0. The number of hydrogen-bond acceptors (Lipinski definition) is 4. The normalized spacial score (nSPS) is 25.8. The van der Waals surface area contributed by atoms with Crippen molar-refractivity contribution in [2.75, 3.05) is 33.3 Å². The fraction of sp³-hybridized carbons (Fsp3) is 0.647. The first-order valence-corrected chi connectivity index (χ1v) is 7.95. The second-order valence-corrected chi connectivity index (χ2v) is 6.07. The van der Waals surface area contributed by atoms with Gasteiger partial charge in [-0.2, -0.15) is 0 Å². The summed E-state index contributed by atoms with van der Waals surface area (Å²) in [6.07, 6.45) is 0. The van der Waals surface area contributed by atoms with Crippen molar-refractivity contribution in [2.24, 2.45) is 5.73 Å². The van der Waals surface area contributed by atoms with Crippen LogP contribution in [0.1, 0.15) is 32.4 Å². The summed E-state index contributed by atoms with van der Waals surface area (Å²) in [7, 11) is 2.21. The molecule has 0 radical (unpaired) electrons. The first kappa shape index (κ1) is 16.3. The van der Waals surface area contributed by atoms with E-state index in [1.54, 1.807) is 0 Å². The number of ether oxygens (including phenoxy) is 1. The van der Waals surface area contributed by atoms with E-state index in [1.807, 2.05) is 13.0 Å². The molecule has 1 aliphatic rings. The SMILES string of the molecule is CCOc1cccc(C(CN)N2CC(C)N(C)C(C)C2)c1. The van der Waals surface area contributed by atoms with Crippen molar-refractivity contribution in [2.45, 2.75) is 38.9 Å². The van der Waals surface area contributed by atoms with E-state index in [0.29, 0.717) is 25.2 Å². The molecule has 0 spiro atoms. The van der Waals surface area contributed by atoms with Crippen molar-refractivity contribution in [1.29, 1.82) is 0 Å². The van der Waals surface area contributed by atoms with Crippen LogP contribution in [-0.4, -0.2) is 55.2 Å². The van der Waals surface area contributed by atoms with Crippen LogP contribution in [-0.2, 0) is 0 Å². The summed E-state index contributed by atoms with van der Waals surface area (Å²) in [4.78, 5) is 4.96. The van der Waals surface area contributed by atoms with Crippen LogP contribution in [0.5, 0.6) is 5.75 Å². The Balaban J connectivity index is 2.17. The van der Waals surface area contributed by atoms with E-state index in [2.05, 4.69) is 48.9 Å². The molecule has 1 aliphatic heterocycles. The Kier molecular flexibility index (Phi) is 5.62. The van der Waals surface area contributed by atoms with Gasteiger partial charge in [-0.05, 0) is 45.5 Å². The molecule has 0 amide bonds. The predicted molar refractivity (Wildman–Crippen MR) is 87.7 cm³/mol. The molecule has 21 heavy (non-hydrogen) atoms. The van der Waals surface area contributed by atoms with Gasteiger partial charge in [0.2, 0.25) is 0 Å². The summed E-state index contributed by atoms with van der Waals surface area (Å²) >= 11 is 0. The molecule has 0 saturated carbocycles. The number of hydrogen-bond donors (Lipinski definition) is 1. The molecule has 1 aromatic carbocycles. The minimum Gasteiger partial charge on any atom is -0.494 e. The summed E-state index contributed by atoms with van der Waals surface area (Å²) < 4.78 is 5.62. The van der Waals surface area contributed by atoms with Crippen LogP contribution in [0.4, 0.5) is 0 Å². The molecule has 4 nitrogen and oxygen atoms in total. The zero-order chi connectivity index (χ0) is 15.4. The van der Waals surface area contributed by atoms with Gasteiger partial charge in [-0.1, -0.05) is 12.1 Å². The van der Waals surface area contributed by atoms with Crippen molar-refractivity contribution >= 4 is 0 Å². The maximum absolute atomic E-state index is 6.09. The first-order valence-electron chi connectivity index (χ1n) is 7.95. The third kappa shape index (κ3) is 3.76. The summed E-state index contributed by atoms with van der Waals surface area (Å²) in [6, 6.07) is 9.74. The molecule has 118 valence electrons. The Morgan fingerprint density at radius 3 is 2.52 bits per heavy atom. The van der Waals surface area contributed by atoms with Gasteiger partial charge in [-0.15, -0.1) is 0 Å². The van der Waals surface area contributed by atoms with Gasteiger partial charge < -0.3 is 10.5 Å². The van der Waals surface area contributed by atoms with Crippen LogP contribution >= 0.6 is 0 Å². The fourth-order valence-corrected chi connectivity index (χ4v) is 3.17. The Morgan fingerprint density at radius 1 is 1.29 bits per heavy atom. The monoisotopic (exact) mass is 291 g/mol. The zero-order valence-corrected chi connectivity index (χ0v) is 13.7. The number of likely N-dealkylation sites (N-methyl/N-ethyl adjacent to an activating group) is 1. The van der Waals surface area contributed by atoms with E-state index in [-0.39, 0.29) is 6.04 Å². The van der Waals surface area contributed by atoms with E-state index in [1.165, 1.54) is 5.56 Å². The molecule has 1 saturated heterocycles. The lowest BCUT2D eigenvalue weighted by Gasteiger charge is -2.45. The molecule has 0 bridgehead atoms. The van der Waals surface area contributed by atoms with Gasteiger partial charge in [0.15, 0.2) is 0 Å². The molecule has 1 fully saturated rings. The Labute approximate surface area is 128 Å². The highest BCUT2D eigenvalue weighted by Crippen LogP contribution is 2.27. The molecule has 1 heterocycles. The van der Waals surface area contributed by atoms with Gasteiger partial charge in [0.25, 0.3) is 0 Å². The van der Waals surface area contributed by atoms with E-state index in [9.17, 15) is 0 Å². The molecule has 4 heteroatoms. The number of piperazine rings is 1. The maximum atomic E-state index is 6.09. The first-order chi connectivity index (χ1) is 10.1. The second kappa shape index (κ2) is 7.25. The highest BCUT2D eigenvalue weighted by Gasteiger charge is 2.30. The van der Waals surface area contributed by atoms with E-state index >= 15 is 0 Å². The van der Waals surface area contributed by atoms with E-state index in [4.69, 9.17) is 10.5 Å². The molecule has 0 aromatic heterocycles. The van der Waals surface area contributed by atoms with Gasteiger partial charge in [-0.3, -0.25) is 9.80 Å². The maximum Gasteiger partial charge on any atom is 0.119 e.